The molecular formula is C27H29N3O3. The molecule has 1 atom stereocenters. The molecule has 0 fully saturated rings. The number of fused-ring (bicyclic) bond motifs is 1. The summed E-state index contributed by atoms with van der Waals surface area (Å²) < 4.78 is 5.27. The van der Waals surface area contributed by atoms with Gasteiger partial charge in [0, 0.05) is 16.9 Å². The lowest BCUT2D eigenvalue weighted by molar-refractivity contribution is -0.116. The minimum absolute atomic E-state index is 0.130. The first-order valence-electron chi connectivity index (χ1n) is 11.3. The second-order valence-electron chi connectivity index (χ2n) is 8.24. The summed E-state index contributed by atoms with van der Waals surface area (Å²) in [6, 6.07) is 19.9. The van der Waals surface area contributed by atoms with E-state index >= 15 is 0 Å². The van der Waals surface area contributed by atoms with E-state index in [-0.39, 0.29) is 11.8 Å². The topological polar surface area (TPSA) is 79.5 Å². The average Bonchev–Trinajstić information content (AvgIpc) is 2.85. The van der Waals surface area contributed by atoms with Gasteiger partial charge in [-0.2, -0.15) is 0 Å². The van der Waals surface area contributed by atoms with Gasteiger partial charge in [-0.3, -0.25) is 9.59 Å². The third kappa shape index (κ3) is 5.34. The van der Waals surface area contributed by atoms with Gasteiger partial charge in [-0.25, -0.2) is 0 Å². The fourth-order valence-corrected chi connectivity index (χ4v) is 4.11. The summed E-state index contributed by atoms with van der Waals surface area (Å²) >= 11 is 0. The van der Waals surface area contributed by atoms with Crippen LogP contribution in [0, 0.1) is 0 Å². The van der Waals surface area contributed by atoms with Crippen molar-refractivity contribution in [3.05, 3.63) is 83.4 Å². The zero-order chi connectivity index (χ0) is 23.2. The number of methoxy groups -OCH3 is 1. The summed E-state index contributed by atoms with van der Waals surface area (Å²) in [4.78, 5) is 25.3. The van der Waals surface area contributed by atoms with Gasteiger partial charge in [0.25, 0.3) is 5.91 Å². The number of nitrogens with one attached hydrogen (secondary N) is 3. The molecule has 0 radical (unpaired) electrons. The van der Waals surface area contributed by atoms with E-state index in [9.17, 15) is 9.59 Å². The van der Waals surface area contributed by atoms with Gasteiger partial charge >= 0.3 is 0 Å². The van der Waals surface area contributed by atoms with Crippen LogP contribution in [0.15, 0.2) is 66.7 Å². The van der Waals surface area contributed by atoms with Crippen molar-refractivity contribution in [2.75, 3.05) is 23.1 Å². The highest BCUT2D eigenvalue weighted by molar-refractivity contribution is 6.05. The van der Waals surface area contributed by atoms with E-state index in [0.29, 0.717) is 22.7 Å². The monoisotopic (exact) mass is 443 g/mol. The summed E-state index contributed by atoms with van der Waals surface area (Å²) in [5.41, 5.74) is 5.47. The third-order valence-corrected chi connectivity index (χ3v) is 5.93. The molecule has 2 amide bonds. The summed E-state index contributed by atoms with van der Waals surface area (Å²) in [5, 5.41) is 9.14. The molecule has 170 valence electrons. The van der Waals surface area contributed by atoms with E-state index in [0.717, 1.165) is 18.5 Å². The number of carbonyl (C=O) groups excluding carboxylic acids is 2. The zero-order valence-electron chi connectivity index (χ0n) is 19.0. The van der Waals surface area contributed by atoms with Gasteiger partial charge in [-0.05, 0) is 86.2 Å². The van der Waals surface area contributed by atoms with E-state index in [2.05, 4.69) is 22.0 Å². The molecule has 0 spiro atoms. The Kier molecular flexibility index (Phi) is 6.93. The number of benzene rings is 3. The SMILES string of the molecule is COc1ccccc1NC(=O)c1ccc(NC(=O)C(C)Nc2cccc3c2CCCC3)cc1. The Morgan fingerprint density at radius 1 is 0.848 bits per heavy atom. The lowest BCUT2D eigenvalue weighted by atomic mass is 9.90. The molecule has 6 nitrogen and oxygen atoms in total. The highest BCUT2D eigenvalue weighted by Gasteiger charge is 2.18. The second-order valence-corrected chi connectivity index (χ2v) is 8.24. The molecular weight excluding hydrogens is 414 g/mol. The maximum Gasteiger partial charge on any atom is 0.255 e. The lowest BCUT2D eigenvalue weighted by Crippen LogP contribution is -2.32. The van der Waals surface area contributed by atoms with Crippen LogP contribution in [-0.2, 0) is 17.6 Å². The van der Waals surface area contributed by atoms with Crippen molar-refractivity contribution in [3.63, 3.8) is 0 Å². The molecule has 0 saturated heterocycles. The minimum atomic E-state index is -0.396. The second kappa shape index (κ2) is 10.2. The van der Waals surface area contributed by atoms with Crippen LogP contribution in [0.4, 0.5) is 17.1 Å². The molecule has 6 heteroatoms. The highest BCUT2D eigenvalue weighted by Crippen LogP contribution is 2.28. The predicted octanol–water partition coefficient (Wildman–Crippen LogP) is 5.27. The Morgan fingerprint density at radius 2 is 1.58 bits per heavy atom. The predicted molar refractivity (Wildman–Crippen MR) is 132 cm³/mol. The molecule has 1 aliphatic carbocycles. The molecule has 0 aromatic heterocycles. The number of aryl methyl sites for hydroxylation is 1. The number of amides is 2. The van der Waals surface area contributed by atoms with Crippen LogP contribution in [0.5, 0.6) is 5.75 Å². The highest BCUT2D eigenvalue weighted by atomic mass is 16.5. The van der Waals surface area contributed by atoms with Crippen LogP contribution in [0.1, 0.15) is 41.3 Å². The molecule has 0 saturated carbocycles. The molecule has 3 aromatic carbocycles. The van der Waals surface area contributed by atoms with Crippen molar-refractivity contribution in [2.24, 2.45) is 0 Å². The Hall–Kier alpha value is -3.80. The van der Waals surface area contributed by atoms with Gasteiger partial charge in [-0.1, -0.05) is 24.3 Å². The third-order valence-electron chi connectivity index (χ3n) is 5.93. The fraction of sp³-hybridized carbons (Fsp3) is 0.259. The normalized spacial score (nSPS) is 13.4. The number of para-hydroxylation sites is 2. The van der Waals surface area contributed by atoms with Crippen molar-refractivity contribution in [1.82, 2.24) is 0 Å². The van der Waals surface area contributed by atoms with Gasteiger partial charge in [0.1, 0.15) is 11.8 Å². The molecule has 1 unspecified atom stereocenters. The van der Waals surface area contributed by atoms with Crippen molar-refractivity contribution in [2.45, 2.75) is 38.6 Å². The van der Waals surface area contributed by atoms with Crippen molar-refractivity contribution in [1.29, 1.82) is 0 Å². The first kappa shape index (κ1) is 22.4. The van der Waals surface area contributed by atoms with E-state index in [1.165, 1.54) is 24.0 Å². The first-order chi connectivity index (χ1) is 16.0. The van der Waals surface area contributed by atoms with Crippen LogP contribution < -0.4 is 20.7 Å². The van der Waals surface area contributed by atoms with Gasteiger partial charge in [0.15, 0.2) is 0 Å². The Balaban J connectivity index is 1.36. The molecule has 0 bridgehead atoms. The average molecular weight is 444 g/mol. The molecule has 3 N–H and O–H groups in total. The summed E-state index contributed by atoms with van der Waals surface area (Å²) in [6.07, 6.45) is 4.55. The largest absolute Gasteiger partial charge is 0.495 e. The van der Waals surface area contributed by atoms with Crippen LogP contribution in [0.3, 0.4) is 0 Å². The fourth-order valence-electron chi connectivity index (χ4n) is 4.11. The van der Waals surface area contributed by atoms with Crippen molar-refractivity contribution < 1.29 is 14.3 Å². The first-order valence-corrected chi connectivity index (χ1v) is 11.3. The quantitative estimate of drug-likeness (QED) is 0.465. The molecule has 0 aliphatic heterocycles. The minimum Gasteiger partial charge on any atom is -0.495 e. The molecule has 3 aromatic rings. The van der Waals surface area contributed by atoms with Crippen molar-refractivity contribution >= 4 is 28.9 Å². The molecule has 33 heavy (non-hydrogen) atoms. The number of anilines is 3. The van der Waals surface area contributed by atoms with Crippen molar-refractivity contribution in [3.8, 4) is 5.75 Å². The van der Waals surface area contributed by atoms with Crippen LogP contribution in [0.25, 0.3) is 0 Å². The maximum absolute atomic E-state index is 12.7. The Morgan fingerprint density at radius 3 is 2.36 bits per heavy atom. The maximum atomic E-state index is 12.7. The lowest BCUT2D eigenvalue weighted by Gasteiger charge is -2.22. The smallest absolute Gasteiger partial charge is 0.255 e. The number of rotatable bonds is 7. The van der Waals surface area contributed by atoms with E-state index in [1.54, 1.807) is 43.5 Å². The Bertz CT molecular complexity index is 1140. The number of carbonyl (C=O) groups is 2. The standard InChI is InChI=1S/C27H29N3O3/c1-18(28-23-12-7-9-19-8-3-4-10-22(19)23)26(31)29-21-16-14-20(15-17-21)27(32)30-24-11-5-6-13-25(24)33-2/h5-7,9,11-18,28H,3-4,8,10H2,1-2H3,(H,29,31)(H,30,32). The summed E-state index contributed by atoms with van der Waals surface area (Å²) in [6.45, 7) is 1.85. The van der Waals surface area contributed by atoms with Gasteiger partial charge < -0.3 is 20.7 Å². The molecule has 0 heterocycles. The molecule has 1 aliphatic rings. The number of hydrogen-bond donors (Lipinski definition) is 3. The number of hydrogen-bond acceptors (Lipinski definition) is 4. The van der Waals surface area contributed by atoms with Gasteiger partial charge in [0.05, 0.1) is 12.8 Å². The van der Waals surface area contributed by atoms with Crippen LogP contribution >= 0.6 is 0 Å². The molecule has 4 rings (SSSR count). The Labute approximate surface area is 194 Å². The van der Waals surface area contributed by atoms with Gasteiger partial charge in [-0.15, -0.1) is 0 Å². The van der Waals surface area contributed by atoms with Gasteiger partial charge in [0.2, 0.25) is 5.91 Å². The van der Waals surface area contributed by atoms with Crippen LogP contribution in [0.2, 0.25) is 0 Å². The summed E-state index contributed by atoms with van der Waals surface area (Å²) in [5.74, 6) is 0.215. The van der Waals surface area contributed by atoms with E-state index in [1.807, 2.05) is 31.2 Å². The zero-order valence-corrected chi connectivity index (χ0v) is 19.0. The summed E-state index contributed by atoms with van der Waals surface area (Å²) in [7, 11) is 1.56. The van der Waals surface area contributed by atoms with Crippen LogP contribution in [-0.4, -0.2) is 25.0 Å². The number of ether oxygens (including phenoxy) is 1. The van der Waals surface area contributed by atoms with E-state index < -0.39 is 6.04 Å². The van der Waals surface area contributed by atoms with E-state index in [4.69, 9.17) is 4.74 Å².